The topological polar surface area (TPSA) is 69.7 Å². The van der Waals surface area contributed by atoms with Crippen molar-refractivity contribution in [2.75, 3.05) is 38.0 Å². The summed E-state index contributed by atoms with van der Waals surface area (Å²) in [4.78, 5) is 14.3. The van der Waals surface area contributed by atoms with E-state index in [0.29, 0.717) is 26.2 Å². The molecule has 0 bridgehead atoms. The highest BCUT2D eigenvalue weighted by Crippen LogP contribution is 2.20. The highest BCUT2D eigenvalue weighted by molar-refractivity contribution is 9.10. The van der Waals surface area contributed by atoms with Crippen LogP contribution in [0, 0.1) is 6.92 Å². The van der Waals surface area contributed by atoms with Crippen LogP contribution in [0.15, 0.2) is 53.0 Å². The van der Waals surface area contributed by atoms with Crippen molar-refractivity contribution in [3.63, 3.8) is 0 Å². The molecule has 3 rings (SSSR count). The Morgan fingerprint density at radius 1 is 1.07 bits per heavy atom. The molecule has 0 saturated carbocycles. The molecule has 1 N–H and O–H groups in total. The Hall–Kier alpha value is -1.74. The van der Waals surface area contributed by atoms with Crippen LogP contribution in [-0.2, 0) is 20.6 Å². The number of sulfonamides is 1. The van der Waals surface area contributed by atoms with Gasteiger partial charge in [0.25, 0.3) is 0 Å². The van der Waals surface area contributed by atoms with E-state index >= 15 is 0 Å². The normalized spacial score (nSPS) is 16.1. The van der Waals surface area contributed by atoms with Crippen LogP contribution in [0.25, 0.3) is 0 Å². The quantitative estimate of drug-likeness (QED) is 0.711. The molecule has 8 heteroatoms. The van der Waals surface area contributed by atoms with Crippen molar-refractivity contribution in [3.05, 3.63) is 64.1 Å². The summed E-state index contributed by atoms with van der Waals surface area (Å²) in [5, 5.41) is 2.90. The van der Waals surface area contributed by atoms with Crippen LogP contribution in [0.1, 0.15) is 11.1 Å². The fraction of sp³-hybridized carbons (Fsp3) is 0.350. The predicted octanol–water partition coefficient (Wildman–Crippen LogP) is 2.84. The Morgan fingerprint density at radius 2 is 1.75 bits per heavy atom. The zero-order chi connectivity index (χ0) is 20.1. The molecule has 1 aliphatic rings. The summed E-state index contributed by atoms with van der Waals surface area (Å²) in [5.41, 5.74) is 2.60. The molecule has 0 spiro atoms. The number of hydrogen-bond donors (Lipinski definition) is 1. The monoisotopic (exact) mass is 465 g/mol. The average molecular weight is 466 g/mol. The first kappa shape index (κ1) is 21.0. The minimum atomic E-state index is -3.34. The summed E-state index contributed by atoms with van der Waals surface area (Å²) in [6.45, 7) is 4.11. The molecule has 1 heterocycles. The van der Waals surface area contributed by atoms with E-state index in [1.165, 1.54) is 4.31 Å². The van der Waals surface area contributed by atoms with Crippen LogP contribution in [-0.4, -0.2) is 56.3 Å². The summed E-state index contributed by atoms with van der Waals surface area (Å²) in [5.74, 6) is -0.0839. The van der Waals surface area contributed by atoms with Crippen molar-refractivity contribution in [2.45, 2.75) is 12.7 Å². The standard InChI is InChI=1S/C20H24BrN3O3S/c1-16-13-18(7-8-19(16)21)22-20(25)14-23-9-11-24(12-10-23)28(26,27)15-17-5-3-2-4-6-17/h2-8,13H,9-12,14-15H2,1H3,(H,22,25). The van der Waals surface area contributed by atoms with Crippen molar-refractivity contribution in [3.8, 4) is 0 Å². The number of aryl methyl sites for hydroxylation is 1. The van der Waals surface area contributed by atoms with Gasteiger partial charge in [0.05, 0.1) is 12.3 Å². The van der Waals surface area contributed by atoms with Gasteiger partial charge in [-0.3, -0.25) is 9.69 Å². The molecular formula is C20H24BrN3O3S. The lowest BCUT2D eigenvalue weighted by molar-refractivity contribution is -0.117. The Labute approximate surface area is 174 Å². The number of nitrogens with one attached hydrogen (secondary N) is 1. The number of carbonyl (C=O) groups excluding carboxylic acids is 1. The zero-order valence-corrected chi connectivity index (χ0v) is 18.2. The molecule has 0 radical (unpaired) electrons. The van der Waals surface area contributed by atoms with Gasteiger partial charge < -0.3 is 5.32 Å². The maximum Gasteiger partial charge on any atom is 0.238 e. The van der Waals surface area contributed by atoms with Gasteiger partial charge >= 0.3 is 0 Å². The second-order valence-corrected chi connectivity index (χ2v) is 9.75. The molecule has 0 aromatic heterocycles. The number of hydrogen-bond acceptors (Lipinski definition) is 4. The summed E-state index contributed by atoms with van der Waals surface area (Å²) in [7, 11) is -3.34. The number of amides is 1. The van der Waals surface area contributed by atoms with Crippen molar-refractivity contribution in [1.29, 1.82) is 0 Å². The van der Waals surface area contributed by atoms with Gasteiger partial charge in [-0.1, -0.05) is 46.3 Å². The van der Waals surface area contributed by atoms with Crippen LogP contribution in [0.5, 0.6) is 0 Å². The number of piperazine rings is 1. The van der Waals surface area contributed by atoms with Crippen LogP contribution < -0.4 is 5.32 Å². The Balaban J connectivity index is 1.49. The molecule has 0 unspecified atom stereocenters. The maximum absolute atomic E-state index is 12.6. The number of anilines is 1. The Bertz CT molecular complexity index is 927. The summed E-state index contributed by atoms with van der Waals surface area (Å²) >= 11 is 3.44. The van der Waals surface area contributed by atoms with E-state index in [2.05, 4.69) is 21.2 Å². The molecule has 2 aromatic rings. The lowest BCUT2D eigenvalue weighted by Gasteiger charge is -2.33. The average Bonchev–Trinajstić information content (AvgIpc) is 2.65. The molecule has 2 aromatic carbocycles. The van der Waals surface area contributed by atoms with E-state index in [9.17, 15) is 13.2 Å². The van der Waals surface area contributed by atoms with Gasteiger partial charge in [-0.2, -0.15) is 4.31 Å². The third kappa shape index (κ3) is 5.64. The number of carbonyl (C=O) groups is 1. The third-order valence-electron chi connectivity index (χ3n) is 4.73. The van der Waals surface area contributed by atoms with Gasteiger partial charge in [-0.25, -0.2) is 8.42 Å². The number of benzene rings is 2. The van der Waals surface area contributed by atoms with Gasteiger partial charge in [0.1, 0.15) is 0 Å². The summed E-state index contributed by atoms with van der Waals surface area (Å²) in [6.07, 6.45) is 0. The Kier molecular flexibility index (Phi) is 6.87. The van der Waals surface area contributed by atoms with E-state index in [1.54, 1.807) is 0 Å². The van der Waals surface area contributed by atoms with Crippen LogP contribution in [0.4, 0.5) is 5.69 Å². The lowest BCUT2D eigenvalue weighted by atomic mass is 10.2. The summed E-state index contributed by atoms with van der Waals surface area (Å²) < 4.78 is 27.7. The van der Waals surface area contributed by atoms with Crippen LogP contribution in [0.3, 0.4) is 0 Å². The maximum atomic E-state index is 12.6. The van der Waals surface area contributed by atoms with Gasteiger partial charge in [0.15, 0.2) is 0 Å². The molecule has 6 nitrogen and oxygen atoms in total. The van der Waals surface area contributed by atoms with E-state index in [0.717, 1.165) is 21.3 Å². The molecule has 1 aliphatic heterocycles. The number of halogens is 1. The molecule has 0 aliphatic carbocycles. The van der Waals surface area contributed by atoms with Crippen LogP contribution >= 0.6 is 15.9 Å². The van der Waals surface area contributed by atoms with Gasteiger partial charge in [0.2, 0.25) is 15.9 Å². The number of rotatable bonds is 6. The first-order chi connectivity index (χ1) is 13.3. The lowest BCUT2D eigenvalue weighted by Crippen LogP contribution is -2.50. The van der Waals surface area contributed by atoms with Gasteiger partial charge in [-0.05, 0) is 36.2 Å². The van der Waals surface area contributed by atoms with E-state index < -0.39 is 10.0 Å². The molecule has 0 atom stereocenters. The van der Waals surface area contributed by atoms with Crippen molar-refractivity contribution < 1.29 is 13.2 Å². The molecule has 150 valence electrons. The first-order valence-electron chi connectivity index (χ1n) is 9.13. The zero-order valence-electron chi connectivity index (χ0n) is 15.8. The molecule has 1 fully saturated rings. The largest absolute Gasteiger partial charge is 0.325 e. The minimum Gasteiger partial charge on any atom is -0.325 e. The molecule has 1 amide bonds. The van der Waals surface area contributed by atoms with E-state index in [-0.39, 0.29) is 18.2 Å². The smallest absolute Gasteiger partial charge is 0.238 e. The Morgan fingerprint density at radius 3 is 2.39 bits per heavy atom. The van der Waals surface area contributed by atoms with Crippen molar-refractivity contribution in [1.82, 2.24) is 9.21 Å². The SMILES string of the molecule is Cc1cc(NC(=O)CN2CCN(S(=O)(=O)Cc3ccccc3)CC2)ccc1Br. The molecule has 28 heavy (non-hydrogen) atoms. The second kappa shape index (κ2) is 9.17. The molecular weight excluding hydrogens is 442 g/mol. The molecule has 1 saturated heterocycles. The van der Waals surface area contributed by atoms with Gasteiger partial charge in [0, 0.05) is 36.3 Å². The fourth-order valence-electron chi connectivity index (χ4n) is 3.17. The highest BCUT2D eigenvalue weighted by Gasteiger charge is 2.27. The van der Waals surface area contributed by atoms with Gasteiger partial charge in [-0.15, -0.1) is 0 Å². The van der Waals surface area contributed by atoms with Crippen LogP contribution in [0.2, 0.25) is 0 Å². The van der Waals surface area contributed by atoms with E-state index in [4.69, 9.17) is 0 Å². The predicted molar refractivity (Wildman–Crippen MR) is 115 cm³/mol. The second-order valence-electron chi connectivity index (χ2n) is 6.93. The van der Waals surface area contributed by atoms with E-state index in [1.807, 2.05) is 60.4 Å². The first-order valence-corrected chi connectivity index (χ1v) is 11.5. The van der Waals surface area contributed by atoms with Crippen molar-refractivity contribution in [2.24, 2.45) is 0 Å². The highest BCUT2D eigenvalue weighted by atomic mass is 79.9. The summed E-state index contributed by atoms with van der Waals surface area (Å²) in [6, 6.07) is 14.9. The van der Waals surface area contributed by atoms with Crippen molar-refractivity contribution >= 4 is 37.5 Å². The third-order valence-corrected chi connectivity index (χ3v) is 7.47. The number of nitrogens with zero attached hydrogens (tertiary/aromatic N) is 2. The fourth-order valence-corrected chi connectivity index (χ4v) is 4.93. The minimum absolute atomic E-state index is 0.0112.